The van der Waals surface area contributed by atoms with Crippen molar-refractivity contribution in [1.82, 2.24) is 9.78 Å². The van der Waals surface area contributed by atoms with Crippen LogP contribution in [0.4, 0.5) is 19.0 Å². The van der Waals surface area contributed by atoms with Crippen molar-refractivity contribution >= 4 is 11.8 Å². The number of alkyl halides is 2. The van der Waals surface area contributed by atoms with Crippen LogP contribution in [-0.2, 0) is 34.8 Å². The van der Waals surface area contributed by atoms with Gasteiger partial charge in [0.2, 0.25) is 0 Å². The number of benzene rings is 1. The molecule has 1 N–H and O–H groups in total. The minimum absolute atomic E-state index is 0.0224. The number of carbonyl (C=O) groups excluding carboxylic acids is 1. The number of aromatic nitrogens is 2. The van der Waals surface area contributed by atoms with E-state index in [0.717, 1.165) is 25.7 Å². The summed E-state index contributed by atoms with van der Waals surface area (Å²) in [6.45, 7) is 3.32. The summed E-state index contributed by atoms with van der Waals surface area (Å²) in [5.41, 5.74) is -1.24. The second-order valence-corrected chi connectivity index (χ2v) is 11.8. The zero-order valence-electron chi connectivity index (χ0n) is 23.7. The number of nitriles is 1. The maximum Gasteiger partial charge on any atom is 0.338 e. The molecule has 10 heteroatoms. The van der Waals surface area contributed by atoms with Gasteiger partial charge >= 0.3 is 5.97 Å². The number of hydrogen-bond donors (Lipinski definition) is 1. The second-order valence-electron chi connectivity index (χ2n) is 11.8. The van der Waals surface area contributed by atoms with Crippen molar-refractivity contribution in [2.45, 2.75) is 82.7 Å². The molecule has 1 saturated carbocycles. The molecule has 1 atom stereocenters. The standard InChI is InChI=1S/C30H37F3N4O3/c1-29(2,17-34)22-11-10-18(14-23(22)31)12-13-30(19-8-6-7-9-19)16-24(38)20(28(39)40-30)15-21-25(26(32)33)35-37(5)27(21)36(3)4/h10-11,14,19,26,38H,6-9,12-13,15-16H2,1-5H3. The van der Waals surface area contributed by atoms with E-state index in [4.69, 9.17) is 4.74 Å². The molecule has 0 saturated heterocycles. The van der Waals surface area contributed by atoms with Gasteiger partial charge in [0.1, 0.15) is 28.7 Å². The van der Waals surface area contributed by atoms with Crippen LogP contribution in [0.15, 0.2) is 29.5 Å². The Bertz CT molecular complexity index is 1350. The van der Waals surface area contributed by atoms with Crippen LogP contribution in [0.5, 0.6) is 0 Å². The first kappa shape index (κ1) is 29.5. The Morgan fingerprint density at radius 1 is 1.30 bits per heavy atom. The van der Waals surface area contributed by atoms with Crippen LogP contribution >= 0.6 is 0 Å². The van der Waals surface area contributed by atoms with E-state index in [9.17, 15) is 28.3 Å². The van der Waals surface area contributed by atoms with Gasteiger partial charge in [-0.15, -0.1) is 0 Å². The quantitative estimate of drug-likeness (QED) is 0.367. The molecule has 1 fully saturated rings. The Hall–Kier alpha value is -3.48. The maximum absolute atomic E-state index is 14.9. The molecule has 1 aliphatic heterocycles. The van der Waals surface area contributed by atoms with Gasteiger partial charge < -0.3 is 14.7 Å². The molecule has 0 spiro atoms. The van der Waals surface area contributed by atoms with Crippen LogP contribution in [-0.4, -0.2) is 40.6 Å². The summed E-state index contributed by atoms with van der Waals surface area (Å²) in [5, 5.41) is 24.6. The van der Waals surface area contributed by atoms with Gasteiger partial charge in [0.15, 0.2) is 0 Å². The molecule has 216 valence electrons. The minimum atomic E-state index is -2.85. The number of rotatable bonds is 9. The fourth-order valence-electron chi connectivity index (χ4n) is 6.28. The number of carbonyl (C=O) groups is 1. The molecule has 0 amide bonds. The number of hydrogen-bond acceptors (Lipinski definition) is 6. The van der Waals surface area contributed by atoms with Gasteiger partial charge in [0.05, 0.1) is 17.1 Å². The lowest BCUT2D eigenvalue weighted by atomic mass is 9.76. The summed E-state index contributed by atoms with van der Waals surface area (Å²) < 4.78 is 50.1. The summed E-state index contributed by atoms with van der Waals surface area (Å²) in [6, 6.07) is 6.93. The van der Waals surface area contributed by atoms with Gasteiger partial charge in [0, 0.05) is 45.1 Å². The van der Waals surface area contributed by atoms with Crippen molar-refractivity contribution in [3.63, 3.8) is 0 Å². The predicted octanol–water partition coefficient (Wildman–Crippen LogP) is 6.23. The van der Waals surface area contributed by atoms with Crippen molar-refractivity contribution in [2.75, 3.05) is 19.0 Å². The highest BCUT2D eigenvalue weighted by Gasteiger charge is 2.48. The molecule has 1 unspecified atom stereocenters. The average molecular weight is 559 g/mol. The summed E-state index contributed by atoms with van der Waals surface area (Å²) in [6.07, 6.45) is 1.40. The van der Waals surface area contributed by atoms with Crippen molar-refractivity contribution in [3.8, 4) is 6.07 Å². The zero-order chi connectivity index (χ0) is 29.4. The van der Waals surface area contributed by atoms with Crippen LogP contribution in [0.25, 0.3) is 0 Å². The number of cyclic esters (lactones) is 1. The van der Waals surface area contributed by atoms with Crippen LogP contribution in [0, 0.1) is 23.1 Å². The Balaban J connectivity index is 1.64. The normalized spacial score (nSPS) is 20.2. The van der Waals surface area contributed by atoms with Gasteiger partial charge in [-0.05, 0) is 57.1 Å². The van der Waals surface area contributed by atoms with E-state index in [1.807, 2.05) is 0 Å². The maximum atomic E-state index is 14.9. The first-order valence-electron chi connectivity index (χ1n) is 13.7. The summed E-state index contributed by atoms with van der Waals surface area (Å²) in [4.78, 5) is 15.1. The Kier molecular flexibility index (Phi) is 8.25. The van der Waals surface area contributed by atoms with E-state index in [2.05, 4.69) is 11.2 Å². The molecule has 1 aromatic heterocycles. The third kappa shape index (κ3) is 5.56. The predicted molar refractivity (Wildman–Crippen MR) is 145 cm³/mol. The highest BCUT2D eigenvalue weighted by atomic mass is 19.3. The Morgan fingerprint density at radius 3 is 2.52 bits per heavy atom. The van der Waals surface area contributed by atoms with E-state index in [0.29, 0.717) is 29.8 Å². The average Bonchev–Trinajstić information content (AvgIpc) is 3.53. The number of esters is 1. The minimum Gasteiger partial charge on any atom is -0.512 e. The fraction of sp³-hybridized carbons (Fsp3) is 0.567. The highest BCUT2D eigenvalue weighted by Crippen LogP contribution is 2.46. The molecular formula is C30H37F3N4O3. The van der Waals surface area contributed by atoms with Crippen LogP contribution in [0.1, 0.15) is 81.2 Å². The lowest BCUT2D eigenvalue weighted by Crippen LogP contribution is -2.46. The number of aliphatic hydroxyl groups excluding tert-OH is 1. The van der Waals surface area contributed by atoms with E-state index in [-0.39, 0.29) is 35.7 Å². The first-order valence-corrected chi connectivity index (χ1v) is 13.7. The van der Waals surface area contributed by atoms with Crippen molar-refractivity contribution < 1.29 is 27.8 Å². The summed E-state index contributed by atoms with van der Waals surface area (Å²) >= 11 is 0. The van der Waals surface area contributed by atoms with Crippen molar-refractivity contribution in [2.24, 2.45) is 13.0 Å². The molecule has 4 rings (SSSR count). The second kappa shape index (κ2) is 11.2. The third-order valence-corrected chi connectivity index (χ3v) is 8.41. The number of aliphatic hydroxyl groups is 1. The number of halogens is 3. The third-order valence-electron chi connectivity index (χ3n) is 8.41. The molecule has 2 aromatic rings. The Labute approximate surface area is 233 Å². The molecule has 40 heavy (non-hydrogen) atoms. The molecule has 2 aliphatic rings. The molecular weight excluding hydrogens is 521 g/mol. The first-order chi connectivity index (χ1) is 18.8. The van der Waals surface area contributed by atoms with Gasteiger partial charge in [0.25, 0.3) is 6.43 Å². The molecule has 0 radical (unpaired) electrons. The van der Waals surface area contributed by atoms with Gasteiger partial charge in [-0.1, -0.05) is 25.0 Å². The largest absolute Gasteiger partial charge is 0.512 e. The van der Waals surface area contributed by atoms with Gasteiger partial charge in [-0.2, -0.15) is 10.4 Å². The monoisotopic (exact) mass is 558 g/mol. The molecule has 0 bridgehead atoms. The van der Waals surface area contributed by atoms with E-state index >= 15 is 0 Å². The number of aryl methyl sites for hydroxylation is 2. The SMILES string of the molecule is CN(C)c1c(CC2=C(O)CC(CCc3ccc(C(C)(C)C#N)c(F)c3)(C3CCCC3)OC2=O)c(C(F)F)nn1C. The topological polar surface area (TPSA) is 91.4 Å². The molecule has 7 nitrogen and oxygen atoms in total. The van der Waals surface area contributed by atoms with Crippen LogP contribution in [0.2, 0.25) is 0 Å². The zero-order valence-corrected chi connectivity index (χ0v) is 23.7. The Morgan fingerprint density at radius 2 is 1.98 bits per heavy atom. The lowest BCUT2D eigenvalue weighted by molar-refractivity contribution is -0.167. The van der Waals surface area contributed by atoms with Crippen LogP contribution < -0.4 is 4.90 Å². The number of anilines is 1. The summed E-state index contributed by atoms with van der Waals surface area (Å²) in [5.74, 6) is -0.904. The molecule has 2 heterocycles. The highest BCUT2D eigenvalue weighted by molar-refractivity contribution is 5.91. The van der Waals surface area contributed by atoms with E-state index in [1.54, 1.807) is 52.0 Å². The smallest absolute Gasteiger partial charge is 0.338 e. The van der Waals surface area contributed by atoms with E-state index in [1.165, 1.54) is 10.7 Å². The van der Waals surface area contributed by atoms with Gasteiger partial charge in [-0.25, -0.2) is 18.0 Å². The molecule has 1 aliphatic carbocycles. The summed E-state index contributed by atoms with van der Waals surface area (Å²) in [7, 11) is 4.95. The fourth-order valence-corrected chi connectivity index (χ4v) is 6.28. The lowest BCUT2D eigenvalue weighted by Gasteiger charge is -2.42. The van der Waals surface area contributed by atoms with Crippen molar-refractivity contribution in [1.29, 1.82) is 5.26 Å². The van der Waals surface area contributed by atoms with Crippen molar-refractivity contribution in [3.05, 3.63) is 57.7 Å². The number of nitrogens with zero attached hydrogens (tertiary/aromatic N) is 4. The number of ether oxygens (including phenoxy) is 1. The molecule has 1 aromatic carbocycles. The van der Waals surface area contributed by atoms with Crippen LogP contribution in [0.3, 0.4) is 0 Å². The van der Waals surface area contributed by atoms with E-state index < -0.39 is 34.9 Å². The van der Waals surface area contributed by atoms with Gasteiger partial charge in [-0.3, -0.25) is 4.68 Å².